The Kier molecular flexibility index (Phi) is 6.73. The molecular weight excluding hydrogens is 352 g/mol. The molecule has 1 aliphatic heterocycles. The van der Waals surface area contributed by atoms with Crippen LogP contribution in [0.25, 0.3) is 0 Å². The monoisotopic (exact) mass is 374 g/mol. The number of fused-ring (bicyclic) bond motifs is 1. The molecule has 7 nitrogen and oxygen atoms in total. The fraction of sp³-hybridized carbons (Fsp3) is 0.500. The zero-order chi connectivity index (χ0) is 19.2. The summed E-state index contributed by atoms with van der Waals surface area (Å²) in [5.74, 6) is 0.755. The van der Waals surface area contributed by atoms with Gasteiger partial charge < -0.3 is 9.84 Å². The number of rotatable bonds is 8. The smallest absolute Gasteiger partial charge is 0.418 e. The van der Waals surface area contributed by atoms with Gasteiger partial charge in [-0.3, -0.25) is 0 Å². The lowest BCUT2D eigenvalue weighted by molar-refractivity contribution is 0.136. The fourth-order valence-corrected chi connectivity index (χ4v) is 3.66. The van der Waals surface area contributed by atoms with E-state index in [4.69, 9.17) is 15.3 Å². The molecule has 0 bridgehead atoms. The first-order chi connectivity index (χ1) is 12.4. The number of hydrogen-bond donors (Lipinski definition) is 1. The maximum atomic E-state index is 11.7. The normalized spacial score (nSPS) is 14.2. The summed E-state index contributed by atoms with van der Waals surface area (Å²) in [4.78, 5) is 11.7. The average molecular weight is 374 g/mol. The highest BCUT2D eigenvalue weighted by Gasteiger charge is 2.32. The van der Waals surface area contributed by atoms with E-state index in [-0.39, 0.29) is 25.0 Å². The van der Waals surface area contributed by atoms with Crippen LogP contribution in [0.4, 0.5) is 4.79 Å². The molecule has 1 aliphatic rings. The molecule has 0 radical (unpaired) electrons. The summed E-state index contributed by atoms with van der Waals surface area (Å²) in [6, 6.07) is 9.87. The molecule has 0 saturated carbocycles. The molecule has 2 rings (SSSR count). The molecular formula is C18H22N4O3S. The number of carbonyl (C=O) groups is 1. The van der Waals surface area contributed by atoms with Crippen LogP contribution in [0.1, 0.15) is 37.8 Å². The van der Waals surface area contributed by atoms with Gasteiger partial charge in [-0.2, -0.15) is 10.5 Å². The van der Waals surface area contributed by atoms with E-state index in [9.17, 15) is 9.90 Å². The lowest BCUT2D eigenvalue weighted by atomic mass is 10.0. The molecule has 1 aromatic carbocycles. The zero-order valence-electron chi connectivity index (χ0n) is 14.9. The third kappa shape index (κ3) is 5.29. The highest BCUT2D eigenvalue weighted by atomic mass is 32.2. The van der Waals surface area contributed by atoms with E-state index >= 15 is 0 Å². The minimum atomic E-state index is -1.08. The van der Waals surface area contributed by atoms with E-state index in [1.165, 1.54) is 4.31 Å². The highest BCUT2D eigenvalue weighted by Crippen LogP contribution is 2.38. The topological polar surface area (TPSA) is 101 Å². The van der Waals surface area contributed by atoms with Gasteiger partial charge in [0.2, 0.25) is 0 Å². The van der Waals surface area contributed by atoms with Crippen molar-refractivity contribution in [3.05, 3.63) is 29.3 Å². The third-order valence-corrected chi connectivity index (χ3v) is 4.94. The summed E-state index contributed by atoms with van der Waals surface area (Å²) in [6.45, 7) is 4.96. The SMILES string of the molecule is CC1(C)Cc2cccc(CN(SN(CCC#N)CCC#N)C(=O)O)c2O1. The molecule has 0 fully saturated rings. The third-order valence-electron chi connectivity index (χ3n) is 3.86. The van der Waals surface area contributed by atoms with Crippen molar-refractivity contribution in [1.82, 2.24) is 8.61 Å². The molecule has 1 amide bonds. The van der Waals surface area contributed by atoms with Crippen molar-refractivity contribution in [3.8, 4) is 17.9 Å². The molecule has 0 spiro atoms. The largest absolute Gasteiger partial charge is 0.487 e. The van der Waals surface area contributed by atoms with E-state index in [1.54, 1.807) is 4.31 Å². The summed E-state index contributed by atoms with van der Waals surface area (Å²) in [5.41, 5.74) is 1.59. The van der Waals surface area contributed by atoms with Gasteiger partial charge in [0.25, 0.3) is 0 Å². The highest BCUT2D eigenvalue weighted by molar-refractivity contribution is 7.95. The minimum Gasteiger partial charge on any atom is -0.487 e. The maximum Gasteiger partial charge on any atom is 0.418 e. The summed E-state index contributed by atoms with van der Waals surface area (Å²) in [5, 5.41) is 27.1. The van der Waals surface area contributed by atoms with Gasteiger partial charge in [-0.05, 0) is 19.4 Å². The van der Waals surface area contributed by atoms with Crippen LogP contribution in [0.5, 0.6) is 5.75 Å². The molecule has 0 aliphatic carbocycles. The molecule has 26 heavy (non-hydrogen) atoms. The summed E-state index contributed by atoms with van der Waals surface area (Å²) in [7, 11) is 0. The van der Waals surface area contributed by atoms with Crippen molar-refractivity contribution >= 4 is 18.2 Å². The Morgan fingerprint density at radius 3 is 2.54 bits per heavy atom. The number of nitrogens with zero attached hydrogens (tertiary/aromatic N) is 4. The minimum absolute atomic E-state index is 0.162. The zero-order valence-corrected chi connectivity index (χ0v) is 15.8. The summed E-state index contributed by atoms with van der Waals surface area (Å²) in [6.07, 6.45) is 0.240. The Labute approximate surface area is 158 Å². The van der Waals surface area contributed by atoms with Gasteiger partial charge in [-0.1, -0.05) is 18.2 Å². The lowest BCUT2D eigenvalue weighted by Crippen LogP contribution is -2.30. The first-order valence-electron chi connectivity index (χ1n) is 8.33. The molecule has 0 aromatic heterocycles. The second kappa shape index (κ2) is 8.79. The van der Waals surface area contributed by atoms with Crippen molar-refractivity contribution in [2.24, 2.45) is 0 Å². The second-order valence-corrected chi connectivity index (χ2v) is 7.71. The van der Waals surface area contributed by atoms with Gasteiger partial charge in [0.1, 0.15) is 11.4 Å². The Hall–Kier alpha value is -2.42. The standard InChI is InChI=1S/C18H22N4O3S/c1-18(2)12-14-6-3-7-15(16(14)25-18)13-22(17(23)24)26-21(10-4-8-19)11-5-9-20/h3,6-7H,4-5,10-13H2,1-2H3,(H,23,24). The first kappa shape index (κ1) is 19.9. The van der Waals surface area contributed by atoms with Crippen LogP contribution in [0.2, 0.25) is 0 Å². The molecule has 1 N–H and O–H groups in total. The van der Waals surface area contributed by atoms with Gasteiger partial charge in [0.05, 0.1) is 18.7 Å². The number of ether oxygens (including phenoxy) is 1. The van der Waals surface area contributed by atoms with Crippen molar-refractivity contribution in [2.45, 2.75) is 45.3 Å². The molecule has 138 valence electrons. The van der Waals surface area contributed by atoms with Crippen molar-refractivity contribution in [1.29, 1.82) is 10.5 Å². The Morgan fingerprint density at radius 1 is 1.31 bits per heavy atom. The van der Waals surface area contributed by atoms with E-state index in [2.05, 4.69) is 0 Å². The van der Waals surface area contributed by atoms with Crippen molar-refractivity contribution in [2.75, 3.05) is 13.1 Å². The van der Waals surface area contributed by atoms with Gasteiger partial charge in [0.15, 0.2) is 0 Å². The second-order valence-electron chi connectivity index (χ2n) is 6.59. The predicted molar refractivity (Wildman–Crippen MR) is 98.0 cm³/mol. The molecule has 0 saturated heterocycles. The lowest BCUT2D eigenvalue weighted by Gasteiger charge is -2.26. The van der Waals surface area contributed by atoms with Crippen LogP contribution >= 0.6 is 12.1 Å². The van der Waals surface area contributed by atoms with Crippen molar-refractivity contribution in [3.63, 3.8) is 0 Å². The quantitative estimate of drug-likeness (QED) is 0.694. The number of nitriles is 2. The van der Waals surface area contributed by atoms with Crippen LogP contribution in [-0.2, 0) is 13.0 Å². The van der Waals surface area contributed by atoms with Crippen LogP contribution in [0, 0.1) is 22.7 Å². The van der Waals surface area contributed by atoms with Crippen LogP contribution in [0.15, 0.2) is 18.2 Å². The summed E-state index contributed by atoms with van der Waals surface area (Å²) >= 11 is 1.03. The van der Waals surface area contributed by atoms with Gasteiger partial charge in [-0.15, -0.1) is 0 Å². The number of amides is 1. The molecule has 1 aromatic rings. The molecule has 1 heterocycles. The van der Waals surface area contributed by atoms with Crippen LogP contribution < -0.4 is 4.74 Å². The van der Waals surface area contributed by atoms with Gasteiger partial charge in [-0.25, -0.2) is 13.4 Å². The molecule has 0 atom stereocenters. The van der Waals surface area contributed by atoms with Gasteiger partial charge in [0, 0.05) is 50.0 Å². The molecule has 8 heteroatoms. The number of hydrogen-bond acceptors (Lipinski definition) is 6. The Morgan fingerprint density at radius 2 is 1.96 bits per heavy atom. The first-order valence-corrected chi connectivity index (χ1v) is 9.06. The van der Waals surface area contributed by atoms with E-state index in [0.717, 1.165) is 35.4 Å². The maximum absolute atomic E-state index is 11.7. The Bertz CT molecular complexity index is 721. The van der Waals surface area contributed by atoms with Gasteiger partial charge >= 0.3 is 6.09 Å². The predicted octanol–water partition coefficient (Wildman–Crippen LogP) is 3.57. The average Bonchev–Trinajstić information content (AvgIpc) is 2.91. The van der Waals surface area contributed by atoms with E-state index in [0.29, 0.717) is 13.1 Å². The van der Waals surface area contributed by atoms with Crippen LogP contribution in [-0.4, -0.2) is 38.5 Å². The number of benzene rings is 1. The van der Waals surface area contributed by atoms with E-state index in [1.807, 2.05) is 44.2 Å². The van der Waals surface area contributed by atoms with Crippen molar-refractivity contribution < 1.29 is 14.6 Å². The fourth-order valence-electron chi connectivity index (χ4n) is 2.77. The number of carboxylic acid groups (broad SMARTS) is 1. The van der Waals surface area contributed by atoms with E-state index < -0.39 is 6.09 Å². The van der Waals surface area contributed by atoms with Crippen LogP contribution in [0.3, 0.4) is 0 Å². The summed E-state index contributed by atoms with van der Waals surface area (Å²) < 4.78 is 8.95. The molecule has 0 unspecified atom stereocenters. The Balaban J connectivity index is 2.14. The number of para-hydroxylation sites is 1.